The zero-order valence-corrected chi connectivity index (χ0v) is 6.60. The third kappa shape index (κ3) is 1.34. The summed E-state index contributed by atoms with van der Waals surface area (Å²) in [6.07, 6.45) is -1.54. The molecule has 0 N–H and O–H groups in total. The molecule has 0 saturated heterocycles. The summed E-state index contributed by atoms with van der Waals surface area (Å²) >= 11 is 0. The van der Waals surface area contributed by atoms with Gasteiger partial charge in [0.2, 0.25) is 0 Å². The van der Waals surface area contributed by atoms with Gasteiger partial charge in [0.25, 0.3) is 0 Å². The van der Waals surface area contributed by atoms with Gasteiger partial charge in [-0.25, -0.2) is 0 Å². The highest BCUT2D eigenvalue weighted by molar-refractivity contribution is 5.62. The lowest BCUT2D eigenvalue weighted by Gasteiger charge is -2.14. The molecule has 1 aromatic carbocycles. The Balaban J connectivity index is 2.45. The first kappa shape index (κ1) is 8.35. The molecule has 0 bridgehead atoms. The van der Waals surface area contributed by atoms with Gasteiger partial charge in [-0.1, -0.05) is 30.4 Å². The van der Waals surface area contributed by atoms with Crippen molar-refractivity contribution in [2.24, 2.45) is 0 Å². The lowest BCUT2D eigenvalue weighted by atomic mass is 10.0. The van der Waals surface area contributed by atoms with Crippen molar-refractivity contribution < 1.29 is 13.2 Å². The van der Waals surface area contributed by atoms with Crippen LogP contribution in [0.1, 0.15) is 17.0 Å². The summed E-state index contributed by atoms with van der Waals surface area (Å²) in [5, 5.41) is 0. The zero-order chi connectivity index (χ0) is 9.47. The first-order valence-corrected chi connectivity index (χ1v) is 3.84. The molecule has 13 heavy (non-hydrogen) atoms. The molecule has 1 aliphatic carbocycles. The number of alkyl halides is 3. The Labute approximate surface area is 73.7 Å². The number of benzene rings is 1. The van der Waals surface area contributed by atoms with E-state index in [2.05, 4.69) is 6.07 Å². The molecule has 0 nitrogen and oxygen atoms in total. The average Bonchev–Trinajstić information content (AvgIpc) is 2.45. The van der Waals surface area contributed by atoms with Crippen molar-refractivity contribution in [1.82, 2.24) is 0 Å². The van der Waals surface area contributed by atoms with E-state index in [0.717, 1.165) is 0 Å². The molecule has 3 heteroatoms. The topological polar surface area (TPSA) is 0 Å². The molecule has 1 unspecified atom stereocenters. The summed E-state index contributed by atoms with van der Waals surface area (Å²) in [6, 6.07) is 7.47. The SMILES string of the molecule is FC(F)(F)C1C=Cc2ccc[c]c21. The van der Waals surface area contributed by atoms with Crippen molar-refractivity contribution in [3.8, 4) is 0 Å². The van der Waals surface area contributed by atoms with Gasteiger partial charge < -0.3 is 0 Å². The molecule has 1 aromatic rings. The maximum absolute atomic E-state index is 12.4. The summed E-state index contributed by atoms with van der Waals surface area (Å²) in [4.78, 5) is 0. The molecule has 1 aliphatic rings. The lowest BCUT2D eigenvalue weighted by molar-refractivity contribution is -0.139. The highest BCUT2D eigenvalue weighted by Crippen LogP contribution is 2.41. The average molecular weight is 183 g/mol. The molecule has 1 atom stereocenters. The van der Waals surface area contributed by atoms with E-state index in [4.69, 9.17) is 0 Å². The van der Waals surface area contributed by atoms with Crippen LogP contribution in [0, 0.1) is 6.07 Å². The Morgan fingerprint density at radius 1 is 1.31 bits per heavy atom. The molecule has 0 fully saturated rings. The van der Waals surface area contributed by atoms with Crippen LogP contribution in [-0.4, -0.2) is 6.18 Å². The molecule has 0 heterocycles. The maximum atomic E-state index is 12.4. The Morgan fingerprint density at radius 3 is 2.77 bits per heavy atom. The second-order valence-electron chi connectivity index (χ2n) is 2.92. The van der Waals surface area contributed by atoms with Crippen LogP contribution in [0.4, 0.5) is 13.2 Å². The van der Waals surface area contributed by atoms with Crippen molar-refractivity contribution in [2.45, 2.75) is 12.1 Å². The predicted molar refractivity (Wildman–Crippen MR) is 43.1 cm³/mol. The first-order valence-electron chi connectivity index (χ1n) is 3.84. The van der Waals surface area contributed by atoms with E-state index < -0.39 is 12.1 Å². The summed E-state index contributed by atoms with van der Waals surface area (Å²) in [5.74, 6) is -1.47. The number of allylic oxidation sites excluding steroid dienone is 1. The standard InChI is InChI=1S/C10H6F3/c11-10(12,13)9-6-5-7-3-1-2-4-8(7)9/h1-3,5-6,9H. The van der Waals surface area contributed by atoms with Crippen molar-refractivity contribution in [3.05, 3.63) is 41.5 Å². The number of rotatable bonds is 0. The van der Waals surface area contributed by atoms with Crippen LogP contribution >= 0.6 is 0 Å². The van der Waals surface area contributed by atoms with Gasteiger partial charge in [0, 0.05) is 0 Å². The van der Waals surface area contributed by atoms with Gasteiger partial charge >= 0.3 is 6.18 Å². The number of halogens is 3. The third-order valence-corrected chi connectivity index (χ3v) is 2.05. The van der Waals surface area contributed by atoms with Crippen molar-refractivity contribution >= 4 is 6.08 Å². The molecule has 0 aromatic heterocycles. The molecule has 0 saturated carbocycles. The van der Waals surface area contributed by atoms with Crippen molar-refractivity contribution in [1.29, 1.82) is 0 Å². The highest BCUT2D eigenvalue weighted by atomic mass is 19.4. The molecular weight excluding hydrogens is 177 g/mol. The van der Waals surface area contributed by atoms with Crippen molar-refractivity contribution in [3.63, 3.8) is 0 Å². The Hall–Kier alpha value is -1.25. The van der Waals surface area contributed by atoms with Gasteiger partial charge in [-0.15, -0.1) is 0 Å². The van der Waals surface area contributed by atoms with Crippen molar-refractivity contribution in [2.75, 3.05) is 0 Å². The number of hydrogen-bond acceptors (Lipinski definition) is 0. The lowest BCUT2D eigenvalue weighted by Crippen LogP contribution is -2.17. The van der Waals surface area contributed by atoms with Gasteiger partial charge in [-0.2, -0.15) is 13.2 Å². The Kier molecular flexibility index (Phi) is 1.68. The van der Waals surface area contributed by atoms with Crippen LogP contribution in [0.2, 0.25) is 0 Å². The first-order chi connectivity index (χ1) is 6.09. The molecular formula is C10H6F3. The quantitative estimate of drug-likeness (QED) is 0.579. The Bertz CT molecular complexity index is 349. The molecule has 1 radical (unpaired) electrons. The van der Waals surface area contributed by atoms with Crippen LogP contribution in [0.5, 0.6) is 0 Å². The van der Waals surface area contributed by atoms with E-state index >= 15 is 0 Å². The summed E-state index contributed by atoms with van der Waals surface area (Å²) in [7, 11) is 0. The van der Waals surface area contributed by atoms with Gasteiger partial charge in [0.1, 0.15) is 0 Å². The summed E-state index contributed by atoms with van der Waals surface area (Å²) in [6.45, 7) is 0. The van der Waals surface area contributed by atoms with Gasteiger partial charge in [-0.3, -0.25) is 0 Å². The molecule has 2 rings (SSSR count). The van der Waals surface area contributed by atoms with E-state index in [0.29, 0.717) is 5.56 Å². The van der Waals surface area contributed by atoms with Gasteiger partial charge in [0.15, 0.2) is 0 Å². The van der Waals surface area contributed by atoms with E-state index in [-0.39, 0.29) is 5.56 Å². The predicted octanol–water partition coefficient (Wildman–Crippen LogP) is 3.16. The Morgan fingerprint density at radius 2 is 2.08 bits per heavy atom. The fourth-order valence-corrected chi connectivity index (χ4v) is 1.45. The smallest absolute Gasteiger partial charge is 0.170 e. The van der Waals surface area contributed by atoms with Crippen LogP contribution in [-0.2, 0) is 0 Å². The fraction of sp³-hybridized carbons (Fsp3) is 0.200. The van der Waals surface area contributed by atoms with Crippen LogP contribution < -0.4 is 0 Å². The monoisotopic (exact) mass is 183 g/mol. The van der Waals surface area contributed by atoms with Gasteiger partial charge in [-0.05, 0) is 17.2 Å². The van der Waals surface area contributed by atoms with Crippen LogP contribution in [0.15, 0.2) is 24.3 Å². The highest BCUT2D eigenvalue weighted by Gasteiger charge is 2.41. The number of fused-ring (bicyclic) bond motifs is 1. The van der Waals surface area contributed by atoms with Crippen LogP contribution in [0.3, 0.4) is 0 Å². The van der Waals surface area contributed by atoms with E-state index in [9.17, 15) is 13.2 Å². The maximum Gasteiger partial charge on any atom is 0.399 e. The molecule has 0 amide bonds. The van der Waals surface area contributed by atoms with Gasteiger partial charge in [0.05, 0.1) is 5.92 Å². The second kappa shape index (κ2) is 2.62. The van der Waals surface area contributed by atoms with E-state index in [1.807, 2.05) is 0 Å². The fourth-order valence-electron chi connectivity index (χ4n) is 1.45. The van der Waals surface area contributed by atoms with E-state index in [1.54, 1.807) is 12.1 Å². The number of hydrogen-bond donors (Lipinski definition) is 0. The summed E-state index contributed by atoms with van der Waals surface area (Å²) in [5.41, 5.74) is 0.847. The molecule has 67 valence electrons. The molecule has 0 spiro atoms. The normalized spacial score (nSPS) is 20.4. The minimum atomic E-state index is -4.19. The van der Waals surface area contributed by atoms with E-state index in [1.165, 1.54) is 18.2 Å². The minimum absolute atomic E-state index is 0.231. The van der Waals surface area contributed by atoms with Crippen LogP contribution in [0.25, 0.3) is 6.08 Å². The summed E-state index contributed by atoms with van der Waals surface area (Å²) < 4.78 is 37.1. The largest absolute Gasteiger partial charge is 0.399 e. The zero-order valence-electron chi connectivity index (χ0n) is 6.60. The second-order valence-corrected chi connectivity index (χ2v) is 2.92. The third-order valence-electron chi connectivity index (χ3n) is 2.05. The minimum Gasteiger partial charge on any atom is -0.170 e. The molecule has 0 aliphatic heterocycles.